The predicted octanol–water partition coefficient (Wildman–Crippen LogP) is -4.33. The maximum Gasteiger partial charge on any atom is 0.250 e. The van der Waals surface area contributed by atoms with Crippen LogP contribution in [-0.2, 0) is 23.7 Å². The van der Waals surface area contributed by atoms with Crippen molar-refractivity contribution in [2.24, 2.45) is 23.1 Å². The number of nitrogens with two attached hydrogens (primary N) is 3. The monoisotopic (exact) mass is 588 g/mol. The quantitative estimate of drug-likeness (QED) is 0.104. The molecule has 2 heterocycles. The Balaban J connectivity index is 1.47. The summed E-state index contributed by atoms with van der Waals surface area (Å²) in [7, 11) is 1.58. The van der Waals surface area contributed by atoms with Gasteiger partial charge < -0.3 is 72.5 Å². The van der Waals surface area contributed by atoms with Crippen LogP contribution in [0.2, 0.25) is 0 Å². The minimum atomic E-state index is -1.48. The van der Waals surface area contributed by atoms with Gasteiger partial charge in [0.25, 0.3) is 0 Å². The molecule has 2 saturated carbocycles. The first-order chi connectivity index (χ1) is 19.4. The summed E-state index contributed by atoms with van der Waals surface area (Å²) in [6.07, 6.45) is -3.66. The van der Waals surface area contributed by atoms with Gasteiger partial charge in [0.1, 0.15) is 41.9 Å². The molecule has 0 aromatic carbocycles. The van der Waals surface area contributed by atoms with Gasteiger partial charge in [-0.2, -0.15) is 0 Å². The second kappa shape index (κ2) is 13.9. The number of likely N-dealkylation sites (N-methyl/N-ethyl adjacent to an activating group) is 1. The van der Waals surface area contributed by atoms with Crippen LogP contribution in [0, 0.1) is 5.92 Å². The van der Waals surface area contributed by atoms with E-state index in [1.54, 1.807) is 7.05 Å². The Bertz CT molecular complexity index is 909. The van der Waals surface area contributed by atoms with Crippen LogP contribution in [0.3, 0.4) is 0 Å². The fraction of sp³-hybridized carbons (Fsp3) is 0.885. The van der Waals surface area contributed by atoms with Gasteiger partial charge in [-0.05, 0) is 58.2 Å². The summed E-state index contributed by atoms with van der Waals surface area (Å²) in [4.78, 5) is 12.5. The molecule has 0 aromatic rings. The number of hydrogen-bond donors (Lipinski definition) is 10. The molecule has 3 fully saturated rings. The molecule has 0 radical (unpaired) electrons. The van der Waals surface area contributed by atoms with Crippen LogP contribution in [0.4, 0.5) is 0 Å². The fourth-order valence-corrected chi connectivity index (χ4v) is 5.63. The van der Waals surface area contributed by atoms with E-state index in [1.165, 1.54) is 19.8 Å². The summed E-state index contributed by atoms with van der Waals surface area (Å²) in [5, 5.41) is 51.9. The lowest BCUT2D eigenvalue weighted by atomic mass is 9.83. The summed E-state index contributed by atoms with van der Waals surface area (Å²) in [6.45, 7) is 2.48. The molecule has 15 heteroatoms. The summed E-state index contributed by atoms with van der Waals surface area (Å²) >= 11 is 0. The number of hydrogen-bond acceptors (Lipinski definition) is 14. The molecule has 15 nitrogen and oxygen atoms in total. The smallest absolute Gasteiger partial charge is 0.250 e. The molecule has 1 saturated heterocycles. The minimum Gasteiger partial charge on any atom is -0.467 e. The van der Waals surface area contributed by atoms with Crippen molar-refractivity contribution in [1.29, 1.82) is 0 Å². The zero-order valence-electron chi connectivity index (χ0n) is 23.7. The number of carbonyl (C=O) groups is 1. The minimum absolute atomic E-state index is 0.0824. The summed E-state index contributed by atoms with van der Waals surface area (Å²) in [5.41, 5.74) is 16.8. The molecule has 236 valence electrons. The van der Waals surface area contributed by atoms with Gasteiger partial charge in [0.05, 0.1) is 31.3 Å². The number of amides is 1. The highest BCUT2D eigenvalue weighted by atomic mass is 16.7. The van der Waals surface area contributed by atoms with Crippen LogP contribution in [0.15, 0.2) is 11.8 Å². The first kappa shape index (κ1) is 32.4. The van der Waals surface area contributed by atoms with E-state index in [1.807, 2.05) is 6.08 Å². The SMILES string of the molecule is CN[C@@H]1[C@@H](O)[C@@H](O[C@@H]2[C@@H](O)[C@H](O[C@H]3OC(CNCC4CC4)=CC[C@H]3N)[C@@H](N)C[C@H]2NC(=O)[C@@H](O)CN)OC[C@]1(C)O. The Morgan fingerprint density at radius 3 is 2.54 bits per heavy atom. The number of aliphatic hydroxyl groups excluding tert-OH is 3. The Kier molecular flexibility index (Phi) is 11.0. The molecule has 0 unspecified atom stereocenters. The molecule has 12 atom stereocenters. The van der Waals surface area contributed by atoms with Crippen molar-refractivity contribution in [3.63, 3.8) is 0 Å². The molecule has 4 aliphatic rings. The normalized spacial score (nSPS) is 42.2. The summed E-state index contributed by atoms with van der Waals surface area (Å²) < 4.78 is 23.9. The van der Waals surface area contributed by atoms with Crippen molar-refractivity contribution < 1.29 is 44.2 Å². The van der Waals surface area contributed by atoms with Gasteiger partial charge in [-0.3, -0.25) is 4.79 Å². The molecule has 41 heavy (non-hydrogen) atoms. The number of nitrogens with one attached hydrogen (secondary N) is 3. The molecule has 0 aromatic heterocycles. The lowest BCUT2D eigenvalue weighted by Crippen LogP contribution is -2.69. The Hall–Kier alpha value is -1.47. The number of carbonyl (C=O) groups excluding carboxylic acids is 1. The molecule has 1 amide bonds. The first-order valence-corrected chi connectivity index (χ1v) is 14.4. The third kappa shape index (κ3) is 7.93. The van der Waals surface area contributed by atoms with Crippen molar-refractivity contribution in [3.05, 3.63) is 11.8 Å². The van der Waals surface area contributed by atoms with Crippen LogP contribution >= 0.6 is 0 Å². The highest BCUT2D eigenvalue weighted by molar-refractivity contribution is 5.81. The van der Waals surface area contributed by atoms with E-state index in [4.69, 9.17) is 36.1 Å². The molecule has 13 N–H and O–H groups in total. The van der Waals surface area contributed by atoms with Crippen molar-refractivity contribution in [1.82, 2.24) is 16.0 Å². The van der Waals surface area contributed by atoms with Crippen molar-refractivity contribution in [3.8, 4) is 0 Å². The van der Waals surface area contributed by atoms with E-state index >= 15 is 0 Å². The van der Waals surface area contributed by atoms with Gasteiger partial charge in [0.15, 0.2) is 6.29 Å². The van der Waals surface area contributed by atoms with E-state index in [9.17, 15) is 25.2 Å². The van der Waals surface area contributed by atoms with Gasteiger partial charge in [-0.15, -0.1) is 0 Å². The Morgan fingerprint density at radius 1 is 1.17 bits per heavy atom. The van der Waals surface area contributed by atoms with Crippen molar-refractivity contribution >= 4 is 5.91 Å². The number of aliphatic hydroxyl groups is 4. The van der Waals surface area contributed by atoms with E-state index in [-0.39, 0.29) is 19.6 Å². The topological polar surface area (TPSA) is 249 Å². The molecule has 4 rings (SSSR count). The lowest BCUT2D eigenvalue weighted by Gasteiger charge is -2.48. The Labute approximate surface area is 240 Å². The summed E-state index contributed by atoms with van der Waals surface area (Å²) in [6, 6.07) is -3.01. The van der Waals surface area contributed by atoms with Crippen LogP contribution in [0.5, 0.6) is 0 Å². The lowest BCUT2D eigenvalue weighted by molar-refractivity contribution is -0.304. The Morgan fingerprint density at radius 2 is 1.88 bits per heavy atom. The van der Waals surface area contributed by atoms with Gasteiger partial charge in [0.2, 0.25) is 12.2 Å². The molecular weight excluding hydrogens is 540 g/mol. The molecule has 0 bridgehead atoms. The average Bonchev–Trinajstić information content (AvgIpc) is 3.75. The standard InChI is InChI=1S/C26H48N6O9/c1-26(37)11-38-25(19(35)22(26)30-2)41-21-16(32-23(36)17(33)8-27)7-15(29)20(18(21)34)40-24-14(28)6-5-13(39-24)10-31-9-12-3-4-12/h5,12,14-22,24-25,30-31,33-35,37H,3-4,6-11,27-29H2,1-2H3,(H,32,36)/t14-,15+,16-,17+,18+,19-,20-,21+,22-,24-,25-,26+/m1/s1. The van der Waals surface area contributed by atoms with Gasteiger partial charge in [-0.25, -0.2) is 0 Å². The third-order valence-electron chi connectivity index (χ3n) is 8.26. The predicted molar refractivity (Wildman–Crippen MR) is 146 cm³/mol. The number of ether oxygens (including phenoxy) is 4. The molecule has 0 spiro atoms. The second-order valence-electron chi connectivity index (χ2n) is 11.9. The molecular formula is C26H48N6O9. The zero-order chi connectivity index (χ0) is 29.9. The highest BCUT2D eigenvalue weighted by Gasteiger charge is 2.51. The third-order valence-corrected chi connectivity index (χ3v) is 8.26. The van der Waals surface area contributed by atoms with Gasteiger partial charge in [-0.1, -0.05) is 0 Å². The largest absolute Gasteiger partial charge is 0.467 e. The molecule has 2 aliphatic carbocycles. The maximum absolute atomic E-state index is 12.5. The van der Waals surface area contributed by atoms with Crippen LogP contribution in [0.1, 0.15) is 32.6 Å². The van der Waals surface area contributed by atoms with E-state index in [0.717, 1.165) is 6.54 Å². The van der Waals surface area contributed by atoms with E-state index < -0.39 is 78.8 Å². The zero-order valence-corrected chi connectivity index (χ0v) is 23.7. The van der Waals surface area contributed by atoms with E-state index in [2.05, 4.69) is 16.0 Å². The molecule has 2 aliphatic heterocycles. The number of rotatable bonds is 12. The highest BCUT2D eigenvalue weighted by Crippen LogP contribution is 2.32. The van der Waals surface area contributed by atoms with Crippen LogP contribution in [0.25, 0.3) is 0 Å². The van der Waals surface area contributed by atoms with Crippen molar-refractivity contribution in [2.75, 3.05) is 33.3 Å². The fourth-order valence-electron chi connectivity index (χ4n) is 5.63. The summed E-state index contributed by atoms with van der Waals surface area (Å²) in [5.74, 6) is 0.632. The first-order valence-electron chi connectivity index (χ1n) is 14.4. The maximum atomic E-state index is 12.5. The van der Waals surface area contributed by atoms with Crippen LogP contribution < -0.4 is 33.2 Å². The van der Waals surface area contributed by atoms with Crippen molar-refractivity contribution in [2.45, 2.75) is 105 Å². The van der Waals surface area contributed by atoms with E-state index in [0.29, 0.717) is 24.6 Å². The van der Waals surface area contributed by atoms with Crippen LogP contribution in [-0.4, -0.2) is 132 Å². The second-order valence-corrected chi connectivity index (χ2v) is 11.9. The van der Waals surface area contributed by atoms with Gasteiger partial charge >= 0.3 is 0 Å². The van der Waals surface area contributed by atoms with Gasteiger partial charge in [0, 0.05) is 12.6 Å². The average molecular weight is 589 g/mol.